The van der Waals surface area contributed by atoms with Gasteiger partial charge in [-0.2, -0.15) is 0 Å². The Labute approximate surface area is 153 Å². The molecule has 0 atom stereocenters. The second kappa shape index (κ2) is 9.47. The Bertz CT molecular complexity index is 880. The molecule has 0 aliphatic heterocycles. The molecule has 0 unspecified atom stereocenters. The zero-order valence-corrected chi connectivity index (χ0v) is 14.0. The van der Waals surface area contributed by atoms with Gasteiger partial charge in [0.1, 0.15) is 0 Å². The maximum atomic E-state index is 11.7. The Morgan fingerprint density at radius 1 is 1.00 bits per heavy atom. The van der Waals surface area contributed by atoms with Crippen LogP contribution in [0.5, 0.6) is 0 Å². The van der Waals surface area contributed by atoms with E-state index in [0.29, 0.717) is 5.56 Å². The van der Waals surface area contributed by atoms with Gasteiger partial charge in [-0.1, -0.05) is 30.3 Å². The lowest BCUT2D eigenvalue weighted by Crippen LogP contribution is -2.43. The molecule has 0 saturated heterocycles. The van der Waals surface area contributed by atoms with Crippen LogP contribution in [0, 0.1) is 10.1 Å². The molecule has 2 aromatic carbocycles. The van der Waals surface area contributed by atoms with Gasteiger partial charge in [0.2, 0.25) is 0 Å². The summed E-state index contributed by atoms with van der Waals surface area (Å²) < 4.78 is 4.70. The van der Waals surface area contributed by atoms with Gasteiger partial charge in [0, 0.05) is 17.7 Å². The first kappa shape index (κ1) is 19.3. The topological polar surface area (TPSA) is 128 Å². The highest BCUT2D eigenvalue weighted by molar-refractivity contribution is 5.95. The van der Waals surface area contributed by atoms with E-state index >= 15 is 0 Å². The van der Waals surface area contributed by atoms with Gasteiger partial charge in [-0.25, -0.2) is 4.79 Å². The van der Waals surface area contributed by atoms with E-state index in [1.54, 1.807) is 36.4 Å². The van der Waals surface area contributed by atoms with Crippen LogP contribution in [0.4, 0.5) is 5.69 Å². The van der Waals surface area contributed by atoms with Gasteiger partial charge in [0.05, 0.1) is 10.5 Å². The van der Waals surface area contributed by atoms with Gasteiger partial charge in [0.15, 0.2) is 6.61 Å². The van der Waals surface area contributed by atoms with Crippen LogP contribution in [-0.4, -0.2) is 29.3 Å². The quantitative estimate of drug-likeness (QED) is 0.345. The van der Waals surface area contributed by atoms with E-state index in [4.69, 9.17) is 4.74 Å². The van der Waals surface area contributed by atoms with Crippen molar-refractivity contribution >= 4 is 29.5 Å². The van der Waals surface area contributed by atoms with E-state index < -0.39 is 29.3 Å². The minimum atomic E-state index is -0.863. The molecular formula is C18H15N3O6. The Morgan fingerprint density at radius 2 is 1.67 bits per heavy atom. The number of hydrazine groups is 1. The molecule has 0 aliphatic rings. The maximum absolute atomic E-state index is 11.7. The van der Waals surface area contributed by atoms with Crippen LogP contribution in [0.15, 0.2) is 60.7 Å². The molecule has 0 radical (unpaired) electrons. The molecule has 0 fully saturated rings. The summed E-state index contributed by atoms with van der Waals surface area (Å²) in [7, 11) is 0. The van der Waals surface area contributed by atoms with Crippen molar-refractivity contribution in [3.8, 4) is 0 Å². The summed E-state index contributed by atoms with van der Waals surface area (Å²) in [5, 5.41) is 10.9. The van der Waals surface area contributed by atoms with Crippen LogP contribution >= 0.6 is 0 Å². The fourth-order valence-corrected chi connectivity index (χ4v) is 1.96. The molecule has 2 rings (SSSR count). The Morgan fingerprint density at radius 3 is 2.37 bits per heavy atom. The van der Waals surface area contributed by atoms with Gasteiger partial charge in [-0.15, -0.1) is 0 Å². The van der Waals surface area contributed by atoms with Gasteiger partial charge < -0.3 is 4.74 Å². The number of benzene rings is 2. The number of nitrogens with zero attached hydrogens (tertiary/aromatic N) is 1. The van der Waals surface area contributed by atoms with Crippen molar-refractivity contribution in [1.29, 1.82) is 0 Å². The standard InChI is InChI=1S/C18H15N3O6/c22-16(19-20-18(24)14-7-2-1-3-8-14)12-27-17(23)11-10-13-6-4-5-9-15(13)21(25)26/h1-11H,12H2,(H,19,22)(H,20,24)/b11-10+. The average molecular weight is 369 g/mol. The van der Waals surface area contributed by atoms with Crippen molar-refractivity contribution in [3.05, 3.63) is 81.9 Å². The minimum Gasteiger partial charge on any atom is -0.452 e. The third-order valence-electron chi connectivity index (χ3n) is 3.23. The van der Waals surface area contributed by atoms with E-state index in [9.17, 15) is 24.5 Å². The molecule has 0 aromatic heterocycles. The summed E-state index contributed by atoms with van der Waals surface area (Å²) in [6, 6.07) is 14.1. The van der Waals surface area contributed by atoms with E-state index in [1.165, 1.54) is 24.3 Å². The highest BCUT2D eigenvalue weighted by atomic mass is 16.6. The largest absolute Gasteiger partial charge is 0.452 e. The molecule has 0 aliphatic carbocycles. The summed E-state index contributed by atoms with van der Waals surface area (Å²) in [6.45, 7) is -0.630. The monoisotopic (exact) mass is 369 g/mol. The van der Waals surface area contributed by atoms with Gasteiger partial charge in [-0.05, 0) is 24.3 Å². The van der Waals surface area contributed by atoms with Gasteiger partial charge >= 0.3 is 5.97 Å². The second-order valence-corrected chi connectivity index (χ2v) is 5.13. The Kier molecular flexibility index (Phi) is 6.77. The molecule has 138 valence electrons. The number of nitro groups is 1. The minimum absolute atomic E-state index is 0.164. The molecule has 9 heteroatoms. The van der Waals surface area contributed by atoms with E-state index in [-0.39, 0.29) is 11.3 Å². The van der Waals surface area contributed by atoms with Crippen molar-refractivity contribution in [2.45, 2.75) is 0 Å². The summed E-state index contributed by atoms with van der Waals surface area (Å²) in [5.41, 5.74) is 4.69. The third kappa shape index (κ3) is 6.09. The lowest BCUT2D eigenvalue weighted by atomic mass is 10.1. The predicted molar refractivity (Wildman–Crippen MR) is 95.1 cm³/mol. The molecule has 0 spiro atoms. The third-order valence-corrected chi connectivity index (χ3v) is 3.23. The first-order valence-corrected chi connectivity index (χ1v) is 7.70. The lowest BCUT2D eigenvalue weighted by Gasteiger charge is -2.07. The molecule has 27 heavy (non-hydrogen) atoms. The van der Waals surface area contributed by atoms with Crippen LogP contribution < -0.4 is 10.9 Å². The summed E-state index contributed by atoms with van der Waals surface area (Å²) >= 11 is 0. The zero-order valence-electron chi connectivity index (χ0n) is 14.0. The number of nitro benzene ring substituents is 1. The highest BCUT2D eigenvalue weighted by Gasteiger charge is 2.11. The number of carbonyl (C=O) groups is 3. The SMILES string of the molecule is O=C(COC(=O)/C=C/c1ccccc1[N+](=O)[O-])NNC(=O)c1ccccc1. The van der Waals surface area contributed by atoms with E-state index in [0.717, 1.165) is 6.08 Å². The number of rotatable bonds is 6. The lowest BCUT2D eigenvalue weighted by molar-refractivity contribution is -0.385. The number of para-hydroxylation sites is 1. The van der Waals surface area contributed by atoms with Crippen LogP contribution in [0.2, 0.25) is 0 Å². The smallest absolute Gasteiger partial charge is 0.331 e. The Balaban J connectivity index is 1.79. The molecular weight excluding hydrogens is 354 g/mol. The number of hydrogen-bond acceptors (Lipinski definition) is 6. The van der Waals surface area contributed by atoms with Crippen LogP contribution in [0.25, 0.3) is 6.08 Å². The summed E-state index contributed by atoms with van der Waals surface area (Å²) in [5.74, 6) is -2.13. The first-order valence-electron chi connectivity index (χ1n) is 7.70. The number of esters is 1. The fraction of sp³-hybridized carbons (Fsp3) is 0.0556. The van der Waals surface area contributed by atoms with Crippen molar-refractivity contribution in [1.82, 2.24) is 10.9 Å². The number of amides is 2. The Hall–Kier alpha value is -4.01. The number of ether oxygens (including phenoxy) is 1. The zero-order chi connectivity index (χ0) is 19.6. The molecule has 2 N–H and O–H groups in total. The van der Waals surface area contributed by atoms with E-state index in [1.807, 2.05) is 0 Å². The fourth-order valence-electron chi connectivity index (χ4n) is 1.96. The van der Waals surface area contributed by atoms with Crippen molar-refractivity contribution in [3.63, 3.8) is 0 Å². The molecule has 2 amide bonds. The van der Waals surface area contributed by atoms with Crippen molar-refractivity contribution < 1.29 is 24.0 Å². The number of hydrogen-bond donors (Lipinski definition) is 2. The van der Waals surface area contributed by atoms with E-state index in [2.05, 4.69) is 10.9 Å². The number of carbonyl (C=O) groups excluding carboxylic acids is 3. The average Bonchev–Trinajstić information content (AvgIpc) is 2.69. The predicted octanol–water partition coefficient (Wildman–Crippen LogP) is 1.61. The highest BCUT2D eigenvalue weighted by Crippen LogP contribution is 2.18. The van der Waals surface area contributed by atoms with Crippen molar-refractivity contribution in [2.75, 3.05) is 6.61 Å². The first-order chi connectivity index (χ1) is 13.0. The van der Waals surface area contributed by atoms with Gasteiger partial charge in [-0.3, -0.25) is 30.6 Å². The molecule has 0 heterocycles. The number of nitrogens with one attached hydrogen (secondary N) is 2. The molecule has 9 nitrogen and oxygen atoms in total. The van der Waals surface area contributed by atoms with Crippen LogP contribution in [0.3, 0.4) is 0 Å². The molecule has 2 aromatic rings. The second-order valence-electron chi connectivity index (χ2n) is 5.13. The summed E-state index contributed by atoms with van der Waals surface area (Å²) in [6.07, 6.45) is 2.19. The molecule has 0 saturated carbocycles. The normalized spacial score (nSPS) is 10.2. The van der Waals surface area contributed by atoms with Gasteiger partial charge in [0.25, 0.3) is 17.5 Å². The van der Waals surface area contributed by atoms with Crippen LogP contribution in [-0.2, 0) is 14.3 Å². The maximum Gasteiger partial charge on any atom is 0.331 e. The summed E-state index contributed by atoms with van der Waals surface area (Å²) in [4.78, 5) is 45.2. The van der Waals surface area contributed by atoms with Crippen molar-refractivity contribution in [2.24, 2.45) is 0 Å². The molecule has 0 bridgehead atoms. The van der Waals surface area contributed by atoms with Crippen LogP contribution in [0.1, 0.15) is 15.9 Å².